The first-order chi connectivity index (χ1) is 11.5. The highest BCUT2D eigenvalue weighted by Gasteiger charge is 2.40. The van der Waals surface area contributed by atoms with Gasteiger partial charge >= 0.3 is 5.97 Å². The summed E-state index contributed by atoms with van der Waals surface area (Å²) in [6, 6.07) is 8.60. The van der Waals surface area contributed by atoms with Gasteiger partial charge in [-0.05, 0) is 19.1 Å². The van der Waals surface area contributed by atoms with E-state index in [1.54, 1.807) is 11.6 Å². The lowest BCUT2D eigenvalue weighted by atomic mass is 10.2. The molecule has 2 unspecified atom stereocenters. The number of hydrogen-bond donors (Lipinski definition) is 1. The normalized spacial score (nSPS) is 20.3. The van der Waals surface area contributed by atoms with Crippen molar-refractivity contribution in [1.29, 1.82) is 0 Å². The molecule has 7 nitrogen and oxygen atoms in total. The van der Waals surface area contributed by atoms with Crippen molar-refractivity contribution in [3.8, 4) is 5.69 Å². The second-order valence-corrected chi connectivity index (χ2v) is 5.80. The van der Waals surface area contributed by atoms with E-state index in [-0.39, 0.29) is 18.6 Å². The zero-order valence-corrected chi connectivity index (χ0v) is 13.5. The Morgan fingerprint density at radius 3 is 2.62 bits per heavy atom. The Morgan fingerprint density at radius 2 is 2.00 bits per heavy atom. The number of aliphatic carboxylic acids is 1. The number of nitrogens with zero attached hydrogens (tertiary/aromatic N) is 3. The van der Waals surface area contributed by atoms with Gasteiger partial charge in [0.05, 0.1) is 29.2 Å². The molecule has 7 heteroatoms. The molecule has 2 atom stereocenters. The molecule has 1 aliphatic rings. The summed E-state index contributed by atoms with van der Waals surface area (Å²) in [5.74, 6) is -1.35. The highest BCUT2D eigenvalue weighted by molar-refractivity contribution is 5.97. The molecule has 0 saturated carbocycles. The van der Waals surface area contributed by atoms with Gasteiger partial charge in [-0.3, -0.25) is 4.79 Å². The maximum atomic E-state index is 12.8. The fraction of sp³-hybridized carbons (Fsp3) is 0.353. The van der Waals surface area contributed by atoms with Gasteiger partial charge in [-0.2, -0.15) is 5.10 Å². The van der Waals surface area contributed by atoms with Crippen LogP contribution in [0, 0.1) is 6.92 Å². The molecule has 3 rings (SSSR count). The summed E-state index contributed by atoms with van der Waals surface area (Å²) < 4.78 is 6.91. The summed E-state index contributed by atoms with van der Waals surface area (Å²) in [7, 11) is 1.52. The van der Waals surface area contributed by atoms with Crippen molar-refractivity contribution in [2.24, 2.45) is 0 Å². The van der Waals surface area contributed by atoms with Crippen LogP contribution in [0.4, 0.5) is 0 Å². The second kappa shape index (κ2) is 6.45. The minimum absolute atomic E-state index is 0.264. The Labute approximate surface area is 139 Å². The quantitative estimate of drug-likeness (QED) is 0.919. The van der Waals surface area contributed by atoms with E-state index in [1.807, 2.05) is 30.3 Å². The van der Waals surface area contributed by atoms with Crippen LogP contribution in [0.5, 0.6) is 0 Å². The number of ether oxygens (including phenoxy) is 1. The Kier molecular flexibility index (Phi) is 4.35. The first-order valence-corrected chi connectivity index (χ1v) is 7.69. The molecule has 0 bridgehead atoms. The van der Waals surface area contributed by atoms with Gasteiger partial charge in [0.15, 0.2) is 0 Å². The Balaban J connectivity index is 1.91. The minimum Gasteiger partial charge on any atom is -0.480 e. The maximum absolute atomic E-state index is 12.8. The van der Waals surface area contributed by atoms with Gasteiger partial charge in [-0.1, -0.05) is 18.2 Å². The number of carboxylic acid groups (broad SMARTS) is 1. The van der Waals surface area contributed by atoms with E-state index in [1.165, 1.54) is 18.2 Å². The van der Waals surface area contributed by atoms with Crippen molar-refractivity contribution in [2.45, 2.75) is 25.5 Å². The van der Waals surface area contributed by atoms with Crippen LogP contribution < -0.4 is 0 Å². The summed E-state index contributed by atoms with van der Waals surface area (Å²) in [4.78, 5) is 25.7. The molecule has 2 aromatic rings. The lowest BCUT2D eigenvalue weighted by Gasteiger charge is -2.21. The third kappa shape index (κ3) is 2.78. The Morgan fingerprint density at radius 1 is 1.29 bits per heavy atom. The van der Waals surface area contributed by atoms with Crippen molar-refractivity contribution >= 4 is 11.9 Å². The SMILES string of the molecule is COC1CC(C(=O)O)N(C(=O)c2cnn(-c3ccccc3)c2C)C1. The molecule has 1 N–H and O–H groups in total. The fourth-order valence-corrected chi connectivity index (χ4v) is 3.03. The summed E-state index contributed by atoms with van der Waals surface area (Å²) in [6.07, 6.45) is 1.52. The zero-order valence-electron chi connectivity index (χ0n) is 13.5. The molecule has 0 radical (unpaired) electrons. The number of amides is 1. The highest BCUT2D eigenvalue weighted by Crippen LogP contribution is 2.24. The molecule has 0 aliphatic carbocycles. The molecule has 1 aromatic carbocycles. The van der Waals surface area contributed by atoms with Crippen LogP contribution in [0.3, 0.4) is 0 Å². The van der Waals surface area contributed by atoms with Gasteiger partial charge in [0.2, 0.25) is 0 Å². The van der Waals surface area contributed by atoms with Gasteiger partial charge in [-0.15, -0.1) is 0 Å². The van der Waals surface area contributed by atoms with Gasteiger partial charge in [0, 0.05) is 20.1 Å². The predicted molar refractivity (Wildman–Crippen MR) is 86.2 cm³/mol. The van der Waals surface area contributed by atoms with E-state index in [4.69, 9.17) is 4.74 Å². The Bertz CT molecular complexity index is 756. The maximum Gasteiger partial charge on any atom is 0.326 e. The summed E-state index contributed by atoms with van der Waals surface area (Å²) in [5.41, 5.74) is 1.93. The summed E-state index contributed by atoms with van der Waals surface area (Å²) in [5, 5.41) is 13.7. The minimum atomic E-state index is -1.02. The van der Waals surface area contributed by atoms with Crippen LogP contribution in [0.25, 0.3) is 5.69 Å². The number of aromatic nitrogens is 2. The highest BCUT2D eigenvalue weighted by atomic mass is 16.5. The lowest BCUT2D eigenvalue weighted by Crippen LogP contribution is -2.40. The van der Waals surface area contributed by atoms with Crippen molar-refractivity contribution in [2.75, 3.05) is 13.7 Å². The molecule has 1 aromatic heterocycles. The van der Waals surface area contributed by atoms with Gasteiger partial charge in [0.1, 0.15) is 6.04 Å². The molecule has 1 saturated heterocycles. The van der Waals surface area contributed by atoms with E-state index in [0.29, 0.717) is 17.7 Å². The van der Waals surface area contributed by atoms with Crippen LogP contribution in [-0.4, -0.2) is 57.5 Å². The molecular formula is C17H19N3O4. The van der Waals surface area contributed by atoms with Crippen molar-refractivity contribution in [3.63, 3.8) is 0 Å². The number of para-hydroxylation sites is 1. The van der Waals surface area contributed by atoms with Crippen LogP contribution >= 0.6 is 0 Å². The number of rotatable bonds is 4. The predicted octanol–water partition coefficient (Wildman–Crippen LogP) is 1.49. The monoisotopic (exact) mass is 329 g/mol. The van der Waals surface area contributed by atoms with Crippen LogP contribution in [-0.2, 0) is 9.53 Å². The molecule has 1 fully saturated rings. The topological polar surface area (TPSA) is 84.7 Å². The second-order valence-electron chi connectivity index (χ2n) is 5.80. The molecule has 2 heterocycles. The van der Waals surface area contributed by atoms with Gasteiger partial charge < -0.3 is 14.7 Å². The van der Waals surface area contributed by atoms with Crippen molar-refractivity contribution in [1.82, 2.24) is 14.7 Å². The first kappa shape index (κ1) is 16.2. The van der Waals surface area contributed by atoms with E-state index < -0.39 is 12.0 Å². The average Bonchev–Trinajstić information content (AvgIpc) is 3.19. The number of likely N-dealkylation sites (tertiary alicyclic amines) is 1. The average molecular weight is 329 g/mol. The van der Waals surface area contributed by atoms with E-state index in [2.05, 4.69) is 5.10 Å². The molecule has 0 spiro atoms. The molecule has 126 valence electrons. The number of hydrogen-bond acceptors (Lipinski definition) is 4. The molecule has 1 aliphatic heterocycles. The number of methoxy groups -OCH3 is 1. The van der Waals surface area contributed by atoms with Crippen LogP contribution in [0.15, 0.2) is 36.5 Å². The van der Waals surface area contributed by atoms with E-state index in [9.17, 15) is 14.7 Å². The number of carboxylic acids is 1. The number of carbonyl (C=O) groups excluding carboxylic acids is 1. The molecule has 24 heavy (non-hydrogen) atoms. The van der Waals surface area contributed by atoms with Crippen molar-refractivity contribution in [3.05, 3.63) is 47.8 Å². The van der Waals surface area contributed by atoms with E-state index >= 15 is 0 Å². The summed E-state index contributed by atoms with van der Waals surface area (Å²) in [6.45, 7) is 2.06. The van der Waals surface area contributed by atoms with Crippen molar-refractivity contribution < 1.29 is 19.4 Å². The third-order valence-electron chi connectivity index (χ3n) is 4.38. The largest absolute Gasteiger partial charge is 0.480 e. The third-order valence-corrected chi connectivity index (χ3v) is 4.38. The molecular weight excluding hydrogens is 310 g/mol. The fourth-order valence-electron chi connectivity index (χ4n) is 3.03. The lowest BCUT2D eigenvalue weighted by molar-refractivity contribution is -0.141. The number of benzene rings is 1. The Hall–Kier alpha value is -2.67. The van der Waals surface area contributed by atoms with Crippen LogP contribution in [0.1, 0.15) is 22.5 Å². The van der Waals surface area contributed by atoms with Gasteiger partial charge in [0.25, 0.3) is 5.91 Å². The standard InChI is InChI=1S/C17H19N3O4/c1-11-14(9-18-20(11)12-6-4-3-5-7-12)16(21)19-10-13(24-2)8-15(19)17(22)23/h3-7,9,13,15H,8,10H2,1-2H3,(H,22,23). The summed E-state index contributed by atoms with van der Waals surface area (Å²) >= 11 is 0. The smallest absolute Gasteiger partial charge is 0.326 e. The van der Waals surface area contributed by atoms with E-state index in [0.717, 1.165) is 5.69 Å². The number of carbonyl (C=O) groups is 2. The van der Waals surface area contributed by atoms with Gasteiger partial charge in [-0.25, -0.2) is 9.48 Å². The molecule has 1 amide bonds. The first-order valence-electron chi connectivity index (χ1n) is 7.69. The zero-order chi connectivity index (χ0) is 17.3. The van der Waals surface area contributed by atoms with Crippen LogP contribution in [0.2, 0.25) is 0 Å².